The molecule has 0 amide bonds. The van der Waals surface area contributed by atoms with E-state index in [0.29, 0.717) is 5.82 Å². The normalized spacial score (nSPS) is 11.0. The van der Waals surface area contributed by atoms with E-state index in [-0.39, 0.29) is 0 Å². The average Bonchev–Trinajstić information content (AvgIpc) is 3.02. The van der Waals surface area contributed by atoms with Crippen molar-refractivity contribution in [3.63, 3.8) is 0 Å². The molecular formula is C19H16N4. The number of aryl methyl sites for hydroxylation is 1. The van der Waals surface area contributed by atoms with Gasteiger partial charge in [-0.05, 0) is 42.8 Å². The number of nitrogens with two attached hydrogens (primary N) is 1. The Kier molecular flexibility index (Phi) is 3.08. The summed E-state index contributed by atoms with van der Waals surface area (Å²) in [5.41, 5.74) is 12.3. The molecule has 4 rings (SSSR count). The highest BCUT2D eigenvalue weighted by molar-refractivity contribution is 5.88. The SMILES string of the molecule is Cc1cccc(-c2nc(N)ccc2-c2ccc3[nH]ncc3c2)c1. The molecule has 0 bridgehead atoms. The summed E-state index contributed by atoms with van der Waals surface area (Å²) in [6, 6.07) is 18.4. The van der Waals surface area contributed by atoms with Crippen LogP contribution in [0.3, 0.4) is 0 Å². The van der Waals surface area contributed by atoms with Gasteiger partial charge in [-0.15, -0.1) is 0 Å². The maximum absolute atomic E-state index is 5.93. The number of hydrogen-bond donors (Lipinski definition) is 2. The number of aromatic amines is 1. The molecule has 0 aliphatic rings. The summed E-state index contributed by atoms with van der Waals surface area (Å²) in [7, 11) is 0. The number of H-pyrrole nitrogens is 1. The number of pyridine rings is 1. The predicted molar refractivity (Wildman–Crippen MR) is 93.9 cm³/mol. The van der Waals surface area contributed by atoms with Gasteiger partial charge in [0.05, 0.1) is 17.4 Å². The lowest BCUT2D eigenvalue weighted by molar-refractivity contribution is 1.12. The maximum Gasteiger partial charge on any atom is 0.124 e. The number of nitrogens with one attached hydrogen (secondary N) is 1. The number of benzene rings is 2. The number of nitrogens with zero attached hydrogens (tertiary/aromatic N) is 2. The quantitative estimate of drug-likeness (QED) is 0.583. The molecule has 4 nitrogen and oxygen atoms in total. The van der Waals surface area contributed by atoms with E-state index < -0.39 is 0 Å². The van der Waals surface area contributed by atoms with Crippen molar-refractivity contribution in [2.75, 3.05) is 5.73 Å². The molecule has 0 atom stereocenters. The molecule has 4 aromatic rings. The second-order valence-corrected chi connectivity index (χ2v) is 5.67. The third kappa shape index (κ3) is 2.44. The first-order valence-electron chi connectivity index (χ1n) is 7.48. The van der Waals surface area contributed by atoms with E-state index in [1.165, 1.54) is 5.56 Å². The Hall–Kier alpha value is -3.14. The van der Waals surface area contributed by atoms with Gasteiger partial charge >= 0.3 is 0 Å². The molecule has 0 spiro atoms. The van der Waals surface area contributed by atoms with Crippen molar-refractivity contribution in [2.45, 2.75) is 6.92 Å². The number of rotatable bonds is 2. The summed E-state index contributed by atoms with van der Waals surface area (Å²) >= 11 is 0. The van der Waals surface area contributed by atoms with Crippen molar-refractivity contribution in [3.05, 3.63) is 66.4 Å². The fraction of sp³-hybridized carbons (Fsp3) is 0.0526. The molecule has 4 heteroatoms. The van der Waals surface area contributed by atoms with Crippen molar-refractivity contribution in [3.8, 4) is 22.4 Å². The largest absolute Gasteiger partial charge is 0.384 e. The molecular weight excluding hydrogens is 284 g/mol. The van der Waals surface area contributed by atoms with E-state index in [4.69, 9.17) is 5.73 Å². The minimum absolute atomic E-state index is 0.523. The van der Waals surface area contributed by atoms with Crippen LogP contribution in [0.2, 0.25) is 0 Å². The average molecular weight is 300 g/mol. The fourth-order valence-electron chi connectivity index (χ4n) is 2.83. The van der Waals surface area contributed by atoms with Crippen LogP contribution in [0.15, 0.2) is 60.8 Å². The van der Waals surface area contributed by atoms with Gasteiger partial charge in [-0.3, -0.25) is 5.10 Å². The van der Waals surface area contributed by atoms with Gasteiger partial charge in [0.15, 0.2) is 0 Å². The Morgan fingerprint density at radius 2 is 1.87 bits per heavy atom. The molecule has 0 saturated heterocycles. The van der Waals surface area contributed by atoms with Crippen molar-refractivity contribution in [2.24, 2.45) is 0 Å². The van der Waals surface area contributed by atoms with Crippen LogP contribution in [0.1, 0.15) is 5.56 Å². The standard InChI is InChI=1S/C19H16N4/c1-12-3-2-4-14(9-12)19-16(6-8-18(20)22-19)13-5-7-17-15(10-13)11-21-23-17/h2-11H,1H3,(H2,20,22)(H,21,23). The number of anilines is 1. The van der Waals surface area contributed by atoms with Crippen LogP contribution in [0.5, 0.6) is 0 Å². The topological polar surface area (TPSA) is 67.6 Å². The first kappa shape index (κ1) is 13.5. The highest BCUT2D eigenvalue weighted by Crippen LogP contribution is 2.33. The van der Waals surface area contributed by atoms with Gasteiger partial charge in [-0.25, -0.2) is 4.98 Å². The zero-order valence-corrected chi connectivity index (χ0v) is 12.7. The zero-order chi connectivity index (χ0) is 15.8. The van der Waals surface area contributed by atoms with E-state index in [0.717, 1.165) is 33.3 Å². The van der Waals surface area contributed by atoms with Crippen LogP contribution in [0.25, 0.3) is 33.3 Å². The van der Waals surface area contributed by atoms with Crippen molar-refractivity contribution in [1.29, 1.82) is 0 Å². The number of hydrogen-bond acceptors (Lipinski definition) is 3. The van der Waals surface area contributed by atoms with Crippen molar-refractivity contribution < 1.29 is 0 Å². The van der Waals surface area contributed by atoms with E-state index >= 15 is 0 Å². The fourth-order valence-corrected chi connectivity index (χ4v) is 2.83. The summed E-state index contributed by atoms with van der Waals surface area (Å²) in [6.45, 7) is 2.08. The molecule has 2 aromatic carbocycles. The van der Waals surface area contributed by atoms with E-state index in [1.807, 2.05) is 30.5 Å². The van der Waals surface area contributed by atoms with Gasteiger partial charge in [0, 0.05) is 16.5 Å². The lowest BCUT2D eigenvalue weighted by Crippen LogP contribution is -1.95. The van der Waals surface area contributed by atoms with Gasteiger partial charge in [-0.2, -0.15) is 5.10 Å². The minimum atomic E-state index is 0.523. The number of aromatic nitrogens is 3. The zero-order valence-electron chi connectivity index (χ0n) is 12.7. The van der Waals surface area contributed by atoms with E-state index in [9.17, 15) is 0 Å². The van der Waals surface area contributed by atoms with Crippen LogP contribution in [0.4, 0.5) is 5.82 Å². The van der Waals surface area contributed by atoms with Crippen LogP contribution >= 0.6 is 0 Å². The highest BCUT2D eigenvalue weighted by Gasteiger charge is 2.11. The number of nitrogen functional groups attached to an aromatic ring is 1. The Morgan fingerprint density at radius 1 is 0.957 bits per heavy atom. The lowest BCUT2D eigenvalue weighted by atomic mass is 9.97. The third-order valence-corrected chi connectivity index (χ3v) is 3.96. The van der Waals surface area contributed by atoms with Gasteiger partial charge in [-0.1, -0.05) is 29.8 Å². The molecule has 0 saturated carbocycles. The molecule has 2 aromatic heterocycles. The Balaban J connectivity index is 1.94. The summed E-state index contributed by atoms with van der Waals surface area (Å²) in [6.07, 6.45) is 1.83. The van der Waals surface area contributed by atoms with Gasteiger partial charge in [0.2, 0.25) is 0 Å². The molecule has 0 unspecified atom stereocenters. The predicted octanol–water partition coefficient (Wildman–Crippen LogP) is 4.18. The first-order chi connectivity index (χ1) is 11.2. The second-order valence-electron chi connectivity index (χ2n) is 5.67. The van der Waals surface area contributed by atoms with Crippen LogP contribution in [-0.2, 0) is 0 Å². The Bertz CT molecular complexity index is 1000. The van der Waals surface area contributed by atoms with Gasteiger partial charge in [0.25, 0.3) is 0 Å². The van der Waals surface area contributed by atoms with Gasteiger partial charge < -0.3 is 5.73 Å². The molecule has 23 heavy (non-hydrogen) atoms. The lowest BCUT2D eigenvalue weighted by Gasteiger charge is -2.11. The third-order valence-electron chi connectivity index (χ3n) is 3.96. The monoisotopic (exact) mass is 300 g/mol. The number of fused-ring (bicyclic) bond motifs is 1. The Labute approximate surface area is 134 Å². The second kappa shape index (κ2) is 5.25. The summed E-state index contributed by atoms with van der Waals surface area (Å²) in [4.78, 5) is 4.58. The van der Waals surface area contributed by atoms with Crippen LogP contribution in [0, 0.1) is 6.92 Å². The Morgan fingerprint density at radius 3 is 2.74 bits per heavy atom. The first-order valence-corrected chi connectivity index (χ1v) is 7.48. The summed E-state index contributed by atoms with van der Waals surface area (Å²) < 4.78 is 0. The van der Waals surface area contributed by atoms with Crippen LogP contribution in [-0.4, -0.2) is 15.2 Å². The van der Waals surface area contributed by atoms with E-state index in [1.54, 1.807) is 0 Å². The maximum atomic E-state index is 5.93. The highest BCUT2D eigenvalue weighted by atomic mass is 15.1. The molecule has 2 heterocycles. The smallest absolute Gasteiger partial charge is 0.124 e. The van der Waals surface area contributed by atoms with E-state index in [2.05, 4.69) is 52.4 Å². The van der Waals surface area contributed by atoms with Crippen molar-refractivity contribution >= 4 is 16.7 Å². The van der Waals surface area contributed by atoms with Crippen LogP contribution < -0.4 is 5.73 Å². The summed E-state index contributed by atoms with van der Waals surface area (Å²) in [5.74, 6) is 0.523. The molecule has 0 aliphatic carbocycles. The molecule has 112 valence electrons. The molecule has 0 aliphatic heterocycles. The molecule has 0 radical (unpaired) electrons. The minimum Gasteiger partial charge on any atom is -0.384 e. The molecule has 0 fully saturated rings. The molecule has 3 N–H and O–H groups in total. The van der Waals surface area contributed by atoms with Crippen molar-refractivity contribution in [1.82, 2.24) is 15.2 Å². The van der Waals surface area contributed by atoms with Gasteiger partial charge in [0.1, 0.15) is 5.82 Å². The summed E-state index contributed by atoms with van der Waals surface area (Å²) in [5, 5.41) is 8.14.